The molecule has 0 aliphatic carbocycles. The maximum absolute atomic E-state index is 12.1. The van der Waals surface area contributed by atoms with E-state index in [2.05, 4.69) is 15.9 Å². The first-order chi connectivity index (χ1) is 8.50. The van der Waals surface area contributed by atoms with Crippen molar-refractivity contribution in [2.75, 3.05) is 6.61 Å². The minimum absolute atomic E-state index is 0.269. The molecule has 2 atom stereocenters. The first kappa shape index (κ1) is 13.6. The second-order valence-electron chi connectivity index (χ2n) is 4.55. The third-order valence-electron chi connectivity index (χ3n) is 3.59. The van der Waals surface area contributed by atoms with Crippen LogP contribution in [0.25, 0.3) is 0 Å². The van der Waals surface area contributed by atoms with Gasteiger partial charge in [0.25, 0.3) is 0 Å². The number of benzene rings is 1. The van der Waals surface area contributed by atoms with E-state index in [0.29, 0.717) is 13.0 Å². The highest BCUT2D eigenvalue weighted by atomic mass is 79.9. The van der Waals surface area contributed by atoms with Gasteiger partial charge in [-0.15, -0.1) is 0 Å². The second kappa shape index (κ2) is 4.67. The van der Waals surface area contributed by atoms with E-state index in [0.717, 1.165) is 10.0 Å². The van der Waals surface area contributed by atoms with Crippen molar-refractivity contribution in [2.45, 2.75) is 38.4 Å². The Balaban J connectivity index is 2.32. The van der Waals surface area contributed by atoms with Gasteiger partial charge in [-0.3, -0.25) is 0 Å². The molecule has 0 N–H and O–H groups in total. The van der Waals surface area contributed by atoms with Crippen molar-refractivity contribution in [2.24, 2.45) is 0 Å². The number of hydrogen-bond acceptors (Lipinski definition) is 3. The van der Waals surface area contributed by atoms with E-state index in [4.69, 9.17) is 9.47 Å². The predicted molar refractivity (Wildman–Crippen MR) is 72.2 cm³/mol. The monoisotopic (exact) mass is 312 g/mol. The van der Waals surface area contributed by atoms with E-state index in [9.17, 15) is 4.79 Å². The zero-order chi connectivity index (χ0) is 13.4. The van der Waals surface area contributed by atoms with Gasteiger partial charge >= 0.3 is 5.97 Å². The molecular formula is C14H17BrO3. The van der Waals surface area contributed by atoms with Crippen molar-refractivity contribution in [3.8, 4) is 0 Å². The van der Waals surface area contributed by atoms with Gasteiger partial charge in [-0.05, 0) is 38.0 Å². The first-order valence-corrected chi connectivity index (χ1v) is 6.93. The van der Waals surface area contributed by atoms with Crippen LogP contribution in [0.5, 0.6) is 0 Å². The molecule has 0 saturated carbocycles. The molecule has 98 valence electrons. The smallest absolute Gasteiger partial charge is 0.341 e. The summed E-state index contributed by atoms with van der Waals surface area (Å²) in [5.41, 5.74) is -0.423. The Bertz CT molecular complexity index is 474. The molecule has 18 heavy (non-hydrogen) atoms. The highest BCUT2D eigenvalue weighted by molar-refractivity contribution is 9.10. The van der Waals surface area contributed by atoms with Crippen LogP contribution in [0.3, 0.4) is 0 Å². The topological polar surface area (TPSA) is 38.8 Å². The summed E-state index contributed by atoms with van der Waals surface area (Å²) in [6.07, 6.45) is 0.606. The number of carbonyl (C=O) groups is 1. The average molecular weight is 313 g/mol. The molecule has 2 rings (SSSR count). The molecule has 2 unspecified atom stereocenters. The lowest BCUT2D eigenvalue weighted by atomic mass is 9.86. The molecule has 4 heteroatoms. The minimum Gasteiger partial charge on any atom is -0.464 e. The lowest BCUT2D eigenvalue weighted by molar-refractivity contribution is -0.149. The number of halogens is 1. The van der Waals surface area contributed by atoms with Crippen molar-refractivity contribution >= 4 is 21.9 Å². The van der Waals surface area contributed by atoms with Gasteiger partial charge in [0, 0.05) is 4.47 Å². The quantitative estimate of drug-likeness (QED) is 0.632. The molecule has 1 fully saturated rings. The Morgan fingerprint density at radius 1 is 1.44 bits per heavy atom. The van der Waals surface area contributed by atoms with Crippen LogP contribution in [0.15, 0.2) is 28.7 Å². The van der Waals surface area contributed by atoms with Gasteiger partial charge in [-0.25, -0.2) is 4.79 Å². The van der Waals surface area contributed by atoms with Gasteiger partial charge in [0.2, 0.25) is 0 Å². The van der Waals surface area contributed by atoms with Crippen LogP contribution in [-0.4, -0.2) is 18.2 Å². The summed E-state index contributed by atoms with van der Waals surface area (Å²) in [5, 5.41) is 0. The fraction of sp³-hybridized carbons (Fsp3) is 0.500. The van der Waals surface area contributed by atoms with Crippen molar-refractivity contribution < 1.29 is 14.3 Å². The van der Waals surface area contributed by atoms with Gasteiger partial charge in [-0.2, -0.15) is 0 Å². The summed E-state index contributed by atoms with van der Waals surface area (Å²) in [7, 11) is 0. The lowest BCUT2D eigenvalue weighted by Crippen LogP contribution is -2.32. The molecule has 0 spiro atoms. The van der Waals surface area contributed by atoms with Crippen LogP contribution in [0.2, 0.25) is 0 Å². The number of ether oxygens (including phenoxy) is 2. The molecule has 0 aromatic heterocycles. The summed E-state index contributed by atoms with van der Waals surface area (Å²) in [6.45, 7) is 6.06. The van der Waals surface area contributed by atoms with E-state index >= 15 is 0 Å². The molecular weight excluding hydrogens is 296 g/mol. The number of carbonyl (C=O) groups excluding carboxylic acids is 1. The molecule has 3 nitrogen and oxygen atoms in total. The molecule has 1 aromatic carbocycles. The Labute approximate surface area is 116 Å². The molecule has 1 saturated heterocycles. The SMILES string of the molecule is CCOC(=O)C1(CC)OC1(C)c1cccc(Br)c1. The highest BCUT2D eigenvalue weighted by Gasteiger charge is 2.72. The summed E-state index contributed by atoms with van der Waals surface area (Å²) in [6, 6.07) is 7.85. The van der Waals surface area contributed by atoms with Crippen LogP contribution < -0.4 is 0 Å². The normalized spacial score (nSPS) is 30.0. The van der Waals surface area contributed by atoms with Crippen LogP contribution >= 0.6 is 15.9 Å². The van der Waals surface area contributed by atoms with Crippen LogP contribution in [-0.2, 0) is 19.9 Å². The van der Waals surface area contributed by atoms with Gasteiger partial charge in [-0.1, -0.05) is 35.0 Å². The fourth-order valence-electron chi connectivity index (χ4n) is 2.44. The van der Waals surface area contributed by atoms with E-state index in [-0.39, 0.29) is 5.97 Å². The number of epoxide rings is 1. The number of esters is 1. The van der Waals surface area contributed by atoms with Gasteiger partial charge < -0.3 is 9.47 Å². The zero-order valence-corrected chi connectivity index (χ0v) is 12.4. The van der Waals surface area contributed by atoms with Crippen molar-refractivity contribution in [1.82, 2.24) is 0 Å². The highest BCUT2D eigenvalue weighted by Crippen LogP contribution is 2.58. The van der Waals surface area contributed by atoms with Gasteiger partial charge in [0.15, 0.2) is 5.60 Å². The fourth-order valence-corrected chi connectivity index (χ4v) is 2.84. The Kier molecular flexibility index (Phi) is 3.52. The number of rotatable bonds is 4. The Hall–Kier alpha value is -0.870. The van der Waals surface area contributed by atoms with E-state index < -0.39 is 11.2 Å². The molecule has 0 amide bonds. The maximum Gasteiger partial charge on any atom is 0.341 e. The summed E-state index contributed by atoms with van der Waals surface area (Å²) < 4.78 is 11.9. The maximum atomic E-state index is 12.1. The van der Waals surface area contributed by atoms with E-state index in [1.807, 2.05) is 38.1 Å². The lowest BCUT2D eigenvalue weighted by Gasteiger charge is -2.14. The summed E-state index contributed by atoms with van der Waals surface area (Å²) >= 11 is 3.44. The van der Waals surface area contributed by atoms with Gasteiger partial charge in [0.1, 0.15) is 5.60 Å². The molecule has 0 bridgehead atoms. The Morgan fingerprint density at radius 2 is 2.17 bits per heavy atom. The van der Waals surface area contributed by atoms with Crippen LogP contribution in [0, 0.1) is 0 Å². The summed E-state index contributed by atoms with van der Waals surface area (Å²) in [4.78, 5) is 12.1. The Morgan fingerprint density at radius 3 is 2.72 bits per heavy atom. The molecule has 1 aliphatic rings. The number of hydrogen-bond donors (Lipinski definition) is 0. The third-order valence-corrected chi connectivity index (χ3v) is 4.08. The molecule has 1 aromatic rings. The molecule has 0 radical (unpaired) electrons. The summed E-state index contributed by atoms with van der Waals surface area (Å²) in [5.74, 6) is -0.269. The minimum atomic E-state index is -0.830. The zero-order valence-electron chi connectivity index (χ0n) is 10.8. The van der Waals surface area contributed by atoms with Crippen molar-refractivity contribution in [1.29, 1.82) is 0 Å². The van der Waals surface area contributed by atoms with E-state index in [1.165, 1.54) is 0 Å². The standard InChI is InChI=1S/C14H17BrO3/c1-4-14(12(16)17-5-2)13(3,18-14)10-7-6-8-11(15)9-10/h6-9H,4-5H2,1-3H3. The first-order valence-electron chi connectivity index (χ1n) is 6.13. The second-order valence-corrected chi connectivity index (χ2v) is 5.46. The molecule has 1 heterocycles. The third kappa shape index (κ3) is 1.88. The molecule has 1 aliphatic heterocycles. The van der Waals surface area contributed by atoms with Gasteiger partial charge in [0.05, 0.1) is 6.61 Å². The predicted octanol–water partition coefficient (Wildman–Crippen LogP) is 3.41. The van der Waals surface area contributed by atoms with Crippen LogP contribution in [0.4, 0.5) is 0 Å². The van der Waals surface area contributed by atoms with Crippen molar-refractivity contribution in [3.63, 3.8) is 0 Å². The van der Waals surface area contributed by atoms with Crippen LogP contribution in [0.1, 0.15) is 32.8 Å². The van der Waals surface area contributed by atoms with E-state index in [1.54, 1.807) is 6.92 Å². The van der Waals surface area contributed by atoms with Crippen molar-refractivity contribution in [3.05, 3.63) is 34.3 Å². The largest absolute Gasteiger partial charge is 0.464 e. The average Bonchev–Trinajstić information content (AvgIpc) is 2.98.